The number of hydrogen-bond acceptors (Lipinski definition) is 9. The van der Waals surface area contributed by atoms with Gasteiger partial charge in [-0.25, -0.2) is 19.9 Å². The molecule has 170 valence electrons. The van der Waals surface area contributed by atoms with Crippen molar-refractivity contribution in [2.75, 3.05) is 37.0 Å². The Bertz CT molecular complexity index is 1080. The van der Waals surface area contributed by atoms with Crippen molar-refractivity contribution in [3.63, 3.8) is 0 Å². The minimum atomic E-state index is -0.908. The molecule has 11 heteroatoms. The van der Waals surface area contributed by atoms with Gasteiger partial charge in [0, 0.05) is 38.4 Å². The Labute approximate surface area is 190 Å². The fourth-order valence-electron chi connectivity index (χ4n) is 4.79. The monoisotopic (exact) mass is 459 g/mol. The van der Waals surface area contributed by atoms with Crippen LogP contribution < -0.4 is 10.2 Å². The Balaban J connectivity index is 1.33. The van der Waals surface area contributed by atoms with Gasteiger partial charge in [0.2, 0.25) is 0 Å². The van der Waals surface area contributed by atoms with Gasteiger partial charge in [-0.15, -0.1) is 0 Å². The van der Waals surface area contributed by atoms with E-state index in [2.05, 4.69) is 30.2 Å². The van der Waals surface area contributed by atoms with Crippen molar-refractivity contribution in [1.82, 2.24) is 24.5 Å². The third kappa shape index (κ3) is 3.88. The van der Waals surface area contributed by atoms with E-state index in [0.29, 0.717) is 35.0 Å². The Morgan fingerprint density at radius 1 is 1.19 bits per heavy atom. The second-order valence-electron chi connectivity index (χ2n) is 8.46. The molecule has 1 aliphatic carbocycles. The molecular weight excluding hydrogens is 434 g/mol. The number of aliphatic hydroxyl groups is 2. The second kappa shape index (κ2) is 8.78. The number of fused-ring (bicyclic) bond motifs is 1. The first kappa shape index (κ1) is 21.3. The van der Waals surface area contributed by atoms with Gasteiger partial charge in [-0.05, 0) is 25.0 Å². The maximum Gasteiger partial charge on any atom is 0.165 e. The Morgan fingerprint density at radius 2 is 2.06 bits per heavy atom. The molecule has 0 amide bonds. The van der Waals surface area contributed by atoms with E-state index in [0.717, 1.165) is 25.3 Å². The van der Waals surface area contributed by atoms with Crippen LogP contribution in [-0.2, 0) is 4.74 Å². The number of hydrogen-bond donors (Lipinski definition) is 3. The number of halogens is 1. The number of pyridine rings is 1. The lowest BCUT2D eigenvalue weighted by molar-refractivity contribution is -0.00886. The van der Waals surface area contributed by atoms with Gasteiger partial charge in [0.1, 0.15) is 23.8 Å². The van der Waals surface area contributed by atoms with E-state index in [4.69, 9.17) is 16.3 Å². The van der Waals surface area contributed by atoms with Crippen LogP contribution in [0.1, 0.15) is 18.9 Å². The van der Waals surface area contributed by atoms with Gasteiger partial charge in [0.15, 0.2) is 11.5 Å². The summed E-state index contributed by atoms with van der Waals surface area (Å²) in [5.41, 5.74) is 1.28. The van der Waals surface area contributed by atoms with Crippen LogP contribution in [0.5, 0.6) is 0 Å². The summed E-state index contributed by atoms with van der Waals surface area (Å²) in [6.07, 6.45) is 4.59. The average molecular weight is 460 g/mol. The minimum absolute atomic E-state index is 0.136. The first-order chi connectivity index (χ1) is 15.5. The van der Waals surface area contributed by atoms with Crippen LogP contribution in [0.2, 0.25) is 5.02 Å². The van der Waals surface area contributed by atoms with Crippen molar-refractivity contribution in [2.45, 2.75) is 37.1 Å². The average Bonchev–Trinajstić information content (AvgIpc) is 3.50. The standard InChI is InChI=1S/C21H26ClN7O3/c1-32-9-12-6-15(19(31)18(12)30)29-11-26-17-20(24-10-25-21(17)29)27-14-4-5-28(8-14)16-3-2-13(22)7-23-16/h2-3,7,10-12,14-15,18-19,30-31H,4-6,8-9H2,1H3,(H,24,25,27)/t12-,14+,15-,18-,19+/m1/s1. The summed E-state index contributed by atoms with van der Waals surface area (Å²) < 4.78 is 7.03. The van der Waals surface area contributed by atoms with Crippen LogP contribution in [0.15, 0.2) is 31.0 Å². The molecule has 2 fully saturated rings. The molecule has 0 aromatic carbocycles. The largest absolute Gasteiger partial charge is 0.390 e. The lowest BCUT2D eigenvalue weighted by Gasteiger charge is -2.19. The molecule has 0 spiro atoms. The highest BCUT2D eigenvalue weighted by atomic mass is 35.5. The third-order valence-electron chi connectivity index (χ3n) is 6.43. The van der Waals surface area contributed by atoms with Crippen molar-refractivity contribution in [1.29, 1.82) is 0 Å². The number of aliphatic hydroxyl groups excluding tert-OH is 2. The fourth-order valence-corrected chi connectivity index (χ4v) is 4.90. The molecule has 0 bridgehead atoms. The van der Waals surface area contributed by atoms with Gasteiger partial charge in [-0.3, -0.25) is 0 Å². The zero-order chi connectivity index (χ0) is 22.2. The molecule has 5 rings (SSSR count). The number of nitrogens with one attached hydrogen (secondary N) is 1. The Kier molecular flexibility index (Phi) is 5.85. The van der Waals surface area contributed by atoms with Crippen LogP contribution in [0.25, 0.3) is 11.2 Å². The topological polar surface area (TPSA) is 121 Å². The second-order valence-corrected chi connectivity index (χ2v) is 8.89. The quantitative estimate of drug-likeness (QED) is 0.503. The summed E-state index contributed by atoms with van der Waals surface area (Å²) >= 11 is 5.95. The van der Waals surface area contributed by atoms with E-state index < -0.39 is 12.2 Å². The lowest BCUT2D eigenvalue weighted by atomic mass is 10.1. The Hall–Kier alpha value is -2.53. The number of nitrogens with zero attached hydrogens (tertiary/aromatic N) is 6. The molecule has 0 unspecified atom stereocenters. The predicted molar refractivity (Wildman–Crippen MR) is 120 cm³/mol. The number of methoxy groups -OCH3 is 1. The first-order valence-corrected chi connectivity index (χ1v) is 11.1. The molecule has 32 heavy (non-hydrogen) atoms. The van der Waals surface area contributed by atoms with Gasteiger partial charge in [-0.1, -0.05) is 11.6 Å². The van der Waals surface area contributed by atoms with Crippen LogP contribution in [0.4, 0.5) is 11.6 Å². The summed E-state index contributed by atoms with van der Waals surface area (Å²) in [7, 11) is 1.59. The van der Waals surface area contributed by atoms with Gasteiger partial charge in [-0.2, -0.15) is 0 Å². The minimum Gasteiger partial charge on any atom is -0.390 e. The van der Waals surface area contributed by atoms with E-state index in [1.165, 1.54) is 6.33 Å². The molecule has 5 atom stereocenters. The molecule has 3 N–H and O–H groups in total. The molecule has 3 aromatic heterocycles. The van der Waals surface area contributed by atoms with Crippen LogP contribution in [-0.4, -0.2) is 79.8 Å². The fraction of sp³-hybridized carbons (Fsp3) is 0.524. The number of rotatable bonds is 6. The Morgan fingerprint density at radius 3 is 2.84 bits per heavy atom. The highest BCUT2D eigenvalue weighted by Gasteiger charge is 2.43. The van der Waals surface area contributed by atoms with Gasteiger partial charge >= 0.3 is 0 Å². The predicted octanol–water partition coefficient (Wildman–Crippen LogP) is 1.49. The first-order valence-electron chi connectivity index (χ1n) is 10.7. The van der Waals surface area contributed by atoms with Crippen molar-refractivity contribution >= 4 is 34.4 Å². The van der Waals surface area contributed by atoms with Crippen LogP contribution in [0, 0.1) is 5.92 Å². The molecular formula is C21H26ClN7O3. The lowest BCUT2D eigenvalue weighted by Crippen LogP contribution is -2.30. The van der Waals surface area contributed by atoms with E-state index in [1.807, 2.05) is 16.7 Å². The van der Waals surface area contributed by atoms with E-state index in [1.54, 1.807) is 19.6 Å². The number of anilines is 2. The molecule has 1 saturated carbocycles. The maximum absolute atomic E-state index is 10.6. The smallest absolute Gasteiger partial charge is 0.165 e. The number of ether oxygens (including phenoxy) is 1. The zero-order valence-corrected chi connectivity index (χ0v) is 18.4. The summed E-state index contributed by atoms with van der Waals surface area (Å²) in [6.45, 7) is 2.05. The van der Waals surface area contributed by atoms with Gasteiger partial charge in [0.25, 0.3) is 0 Å². The van der Waals surface area contributed by atoms with Gasteiger partial charge < -0.3 is 29.7 Å². The highest BCUT2D eigenvalue weighted by molar-refractivity contribution is 6.30. The van der Waals surface area contributed by atoms with Crippen molar-refractivity contribution < 1.29 is 14.9 Å². The van der Waals surface area contributed by atoms with E-state index in [9.17, 15) is 10.2 Å². The summed E-state index contributed by atoms with van der Waals surface area (Å²) in [5.74, 6) is 1.42. The van der Waals surface area contributed by atoms with E-state index in [-0.39, 0.29) is 18.0 Å². The third-order valence-corrected chi connectivity index (χ3v) is 6.66. The van der Waals surface area contributed by atoms with Crippen molar-refractivity contribution in [3.8, 4) is 0 Å². The van der Waals surface area contributed by atoms with Crippen LogP contribution >= 0.6 is 11.6 Å². The summed E-state index contributed by atoms with van der Waals surface area (Å²) in [4.78, 5) is 20.0. The highest BCUT2D eigenvalue weighted by Crippen LogP contribution is 2.37. The molecule has 3 aromatic rings. The molecule has 1 saturated heterocycles. The molecule has 1 aliphatic heterocycles. The summed E-state index contributed by atoms with van der Waals surface area (Å²) in [5, 5.41) is 25.1. The maximum atomic E-state index is 10.6. The molecule has 0 radical (unpaired) electrons. The van der Waals surface area contributed by atoms with Crippen LogP contribution in [0.3, 0.4) is 0 Å². The normalized spacial score (nSPS) is 28.0. The number of aromatic nitrogens is 5. The van der Waals surface area contributed by atoms with E-state index >= 15 is 0 Å². The van der Waals surface area contributed by atoms with Gasteiger partial charge in [0.05, 0.1) is 30.1 Å². The van der Waals surface area contributed by atoms with Crippen molar-refractivity contribution in [2.24, 2.45) is 5.92 Å². The zero-order valence-electron chi connectivity index (χ0n) is 17.7. The SMILES string of the molecule is COC[C@H]1C[C@@H](n2cnc3c(N[C@H]4CCN(c5ccc(Cl)cn5)C4)ncnc32)[C@H](O)[C@@H]1O. The van der Waals surface area contributed by atoms with Crippen molar-refractivity contribution in [3.05, 3.63) is 36.0 Å². The number of imidazole rings is 1. The molecule has 2 aliphatic rings. The summed E-state index contributed by atoms with van der Waals surface area (Å²) in [6, 6.07) is 3.63. The molecule has 4 heterocycles. The molecule has 10 nitrogen and oxygen atoms in total.